The van der Waals surface area contributed by atoms with E-state index in [0.717, 1.165) is 10.5 Å². The van der Waals surface area contributed by atoms with Gasteiger partial charge in [0, 0.05) is 27.8 Å². The first-order chi connectivity index (χ1) is 8.96. The highest BCUT2D eigenvalue weighted by Gasteiger charge is 2.19. The molecule has 0 atom stereocenters. The first-order valence-electron chi connectivity index (χ1n) is 7.15. The Kier molecular flexibility index (Phi) is 4.91. The van der Waals surface area contributed by atoms with E-state index in [1.54, 1.807) is 6.07 Å². The molecule has 0 saturated heterocycles. The van der Waals surface area contributed by atoms with Gasteiger partial charge in [-0.05, 0) is 45.7 Å². The maximum atomic E-state index is 14.0. The molecule has 0 heterocycles. The first-order valence-corrected chi connectivity index (χ1v) is 8.03. The molecule has 1 aliphatic rings. The van der Waals surface area contributed by atoms with Crippen LogP contribution < -0.4 is 5.32 Å². The van der Waals surface area contributed by atoms with Gasteiger partial charge in [-0.3, -0.25) is 0 Å². The second-order valence-electron chi connectivity index (χ2n) is 6.34. The fraction of sp³-hybridized carbons (Fsp3) is 0.625. The summed E-state index contributed by atoms with van der Waals surface area (Å²) in [6.07, 6.45) is 5.19. The molecular formula is C16H24FNS. The zero-order valence-corrected chi connectivity index (χ0v) is 12.9. The van der Waals surface area contributed by atoms with E-state index in [-0.39, 0.29) is 11.4 Å². The maximum Gasteiger partial charge on any atom is 0.128 e. The SMILES string of the molecule is CC(C)(C)NCc1c(F)cccc1SC1CCCC1. The quantitative estimate of drug-likeness (QED) is 0.855. The van der Waals surface area contributed by atoms with Crippen molar-refractivity contribution in [1.82, 2.24) is 5.32 Å². The van der Waals surface area contributed by atoms with Gasteiger partial charge in [0.15, 0.2) is 0 Å². The molecule has 0 amide bonds. The van der Waals surface area contributed by atoms with E-state index in [9.17, 15) is 4.39 Å². The fourth-order valence-electron chi connectivity index (χ4n) is 2.36. The molecule has 0 unspecified atom stereocenters. The largest absolute Gasteiger partial charge is 0.308 e. The molecule has 1 aromatic carbocycles. The molecule has 1 saturated carbocycles. The van der Waals surface area contributed by atoms with Crippen LogP contribution in [-0.2, 0) is 6.54 Å². The summed E-state index contributed by atoms with van der Waals surface area (Å²) in [4.78, 5) is 1.11. The predicted octanol–water partition coefficient (Wildman–Crippen LogP) is 4.75. The molecule has 1 aromatic rings. The van der Waals surface area contributed by atoms with Crippen LogP contribution in [0.3, 0.4) is 0 Å². The molecule has 1 aliphatic carbocycles. The van der Waals surface area contributed by atoms with Gasteiger partial charge in [-0.2, -0.15) is 0 Å². The summed E-state index contributed by atoms with van der Waals surface area (Å²) >= 11 is 1.86. The molecule has 0 aliphatic heterocycles. The fourth-order valence-corrected chi connectivity index (χ4v) is 3.76. The molecule has 1 N–H and O–H groups in total. The summed E-state index contributed by atoms with van der Waals surface area (Å²) in [5.74, 6) is -0.0836. The summed E-state index contributed by atoms with van der Waals surface area (Å²) < 4.78 is 14.0. The number of rotatable bonds is 4. The molecular weight excluding hydrogens is 257 g/mol. The molecule has 1 nitrogen and oxygen atoms in total. The number of nitrogens with one attached hydrogen (secondary N) is 1. The molecule has 1 fully saturated rings. The Morgan fingerprint density at radius 2 is 1.95 bits per heavy atom. The lowest BCUT2D eigenvalue weighted by Gasteiger charge is -2.22. The van der Waals surface area contributed by atoms with Gasteiger partial charge in [-0.1, -0.05) is 18.9 Å². The Labute approximate surface area is 120 Å². The summed E-state index contributed by atoms with van der Waals surface area (Å²) in [7, 11) is 0. The normalized spacial score (nSPS) is 17.1. The van der Waals surface area contributed by atoms with Crippen LogP contribution in [0.15, 0.2) is 23.1 Å². The van der Waals surface area contributed by atoms with Crippen molar-refractivity contribution in [2.75, 3.05) is 0 Å². The number of thioether (sulfide) groups is 1. The van der Waals surface area contributed by atoms with E-state index < -0.39 is 0 Å². The Morgan fingerprint density at radius 3 is 2.58 bits per heavy atom. The number of halogens is 1. The van der Waals surface area contributed by atoms with Crippen LogP contribution in [-0.4, -0.2) is 10.8 Å². The summed E-state index contributed by atoms with van der Waals surface area (Å²) in [5.41, 5.74) is 0.840. The van der Waals surface area contributed by atoms with Crippen molar-refractivity contribution >= 4 is 11.8 Å². The Hall–Kier alpha value is -0.540. The summed E-state index contributed by atoms with van der Waals surface area (Å²) in [6.45, 7) is 6.93. The second-order valence-corrected chi connectivity index (χ2v) is 7.69. The van der Waals surface area contributed by atoms with Crippen LogP contribution in [0.2, 0.25) is 0 Å². The maximum absolute atomic E-state index is 14.0. The van der Waals surface area contributed by atoms with E-state index in [0.29, 0.717) is 11.8 Å². The molecule has 0 radical (unpaired) electrons. The number of hydrogen-bond donors (Lipinski definition) is 1. The summed E-state index contributed by atoms with van der Waals surface area (Å²) in [6, 6.07) is 5.46. The Morgan fingerprint density at radius 1 is 1.26 bits per heavy atom. The van der Waals surface area contributed by atoms with Crippen LogP contribution >= 0.6 is 11.8 Å². The molecule has 3 heteroatoms. The predicted molar refractivity (Wildman–Crippen MR) is 81.1 cm³/mol. The lowest BCUT2D eigenvalue weighted by molar-refractivity contribution is 0.416. The van der Waals surface area contributed by atoms with Crippen LogP contribution in [0.1, 0.15) is 52.0 Å². The molecule has 2 rings (SSSR count). The minimum atomic E-state index is -0.0836. The topological polar surface area (TPSA) is 12.0 Å². The average molecular weight is 281 g/mol. The molecule has 19 heavy (non-hydrogen) atoms. The van der Waals surface area contributed by atoms with Gasteiger partial charge in [0.05, 0.1) is 0 Å². The van der Waals surface area contributed by atoms with Gasteiger partial charge in [0.2, 0.25) is 0 Å². The van der Waals surface area contributed by atoms with Gasteiger partial charge in [0.1, 0.15) is 5.82 Å². The van der Waals surface area contributed by atoms with Crippen molar-refractivity contribution in [2.24, 2.45) is 0 Å². The zero-order valence-electron chi connectivity index (χ0n) is 12.1. The van der Waals surface area contributed by atoms with E-state index >= 15 is 0 Å². The van der Waals surface area contributed by atoms with E-state index in [1.165, 1.54) is 25.7 Å². The highest BCUT2D eigenvalue weighted by atomic mass is 32.2. The van der Waals surface area contributed by atoms with Gasteiger partial charge < -0.3 is 5.32 Å². The van der Waals surface area contributed by atoms with Crippen molar-refractivity contribution in [3.05, 3.63) is 29.6 Å². The first kappa shape index (κ1) is 14.9. The Balaban J connectivity index is 2.10. The van der Waals surface area contributed by atoms with Crippen LogP contribution in [0.25, 0.3) is 0 Å². The highest BCUT2D eigenvalue weighted by molar-refractivity contribution is 8.00. The van der Waals surface area contributed by atoms with Crippen molar-refractivity contribution in [1.29, 1.82) is 0 Å². The van der Waals surface area contributed by atoms with E-state index in [2.05, 4.69) is 32.2 Å². The molecule has 106 valence electrons. The van der Waals surface area contributed by atoms with Gasteiger partial charge in [0.25, 0.3) is 0 Å². The van der Waals surface area contributed by atoms with E-state index in [1.807, 2.05) is 17.8 Å². The molecule has 0 aromatic heterocycles. The van der Waals surface area contributed by atoms with Gasteiger partial charge in [-0.25, -0.2) is 4.39 Å². The third-order valence-corrected chi connectivity index (χ3v) is 4.91. The minimum Gasteiger partial charge on any atom is -0.308 e. The van der Waals surface area contributed by atoms with Crippen molar-refractivity contribution in [2.45, 2.75) is 68.7 Å². The van der Waals surface area contributed by atoms with Crippen molar-refractivity contribution in [3.8, 4) is 0 Å². The van der Waals surface area contributed by atoms with Crippen molar-refractivity contribution in [3.63, 3.8) is 0 Å². The highest BCUT2D eigenvalue weighted by Crippen LogP contribution is 2.36. The third-order valence-electron chi connectivity index (χ3n) is 3.47. The van der Waals surface area contributed by atoms with E-state index in [4.69, 9.17) is 0 Å². The lowest BCUT2D eigenvalue weighted by Crippen LogP contribution is -2.35. The smallest absolute Gasteiger partial charge is 0.128 e. The average Bonchev–Trinajstić information content (AvgIpc) is 2.79. The lowest BCUT2D eigenvalue weighted by atomic mass is 10.1. The number of hydrogen-bond acceptors (Lipinski definition) is 2. The Bertz CT molecular complexity index is 419. The van der Waals surface area contributed by atoms with Crippen LogP contribution in [0, 0.1) is 5.82 Å². The summed E-state index contributed by atoms with van der Waals surface area (Å²) in [5, 5.41) is 4.07. The zero-order chi connectivity index (χ0) is 13.9. The monoisotopic (exact) mass is 281 g/mol. The number of benzene rings is 1. The van der Waals surface area contributed by atoms with Gasteiger partial charge in [-0.15, -0.1) is 11.8 Å². The third kappa shape index (κ3) is 4.50. The second kappa shape index (κ2) is 6.27. The van der Waals surface area contributed by atoms with Crippen molar-refractivity contribution < 1.29 is 4.39 Å². The van der Waals surface area contributed by atoms with Crippen LogP contribution in [0.4, 0.5) is 4.39 Å². The van der Waals surface area contributed by atoms with Gasteiger partial charge >= 0.3 is 0 Å². The molecule has 0 bridgehead atoms. The minimum absolute atomic E-state index is 0.0115. The van der Waals surface area contributed by atoms with Crippen LogP contribution in [0.5, 0.6) is 0 Å². The molecule has 0 spiro atoms. The standard InChI is InChI=1S/C16H24FNS/c1-16(2,3)18-11-13-14(17)9-6-10-15(13)19-12-7-4-5-8-12/h6,9-10,12,18H,4-5,7-8,11H2,1-3H3.